The van der Waals surface area contributed by atoms with Gasteiger partial charge in [-0.15, -0.1) is 0 Å². The van der Waals surface area contributed by atoms with Gasteiger partial charge >= 0.3 is 0 Å². The Morgan fingerprint density at radius 3 is 2.44 bits per heavy atom. The highest BCUT2D eigenvalue weighted by Gasteiger charge is 2.45. The van der Waals surface area contributed by atoms with E-state index in [1.54, 1.807) is 6.07 Å². The van der Waals surface area contributed by atoms with Crippen LogP contribution in [0.25, 0.3) is 0 Å². The molecule has 0 amide bonds. The van der Waals surface area contributed by atoms with E-state index in [1.807, 2.05) is 13.8 Å². The summed E-state index contributed by atoms with van der Waals surface area (Å²) in [7, 11) is 0. The number of ether oxygens (including phenoxy) is 1. The highest BCUT2D eigenvalue weighted by molar-refractivity contribution is 6.30. The Morgan fingerprint density at radius 2 is 1.94 bits per heavy atom. The van der Waals surface area contributed by atoms with Gasteiger partial charge in [-0.1, -0.05) is 11.6 Å². The van der Waals surface area contributed by atoms with Crippen molar-refractivity contribution in [1.29, 1.82) is 0 Å². The molecule has 0 spiro atoms. The third-order valence-electron chi connectivity index (χ3n) is 3.28. The smallest absolute Gasteiger partial charge is 0.126 e. The van der Waals surface area contributed by atoms with Gasteiger partial charge in [-0.3, -0.25) is 0 Å². The summed E-state index contributed by atoms with van der Waals surface area (Å²) >= 11 is 5.85. The molecule has 1 heterocycles. The first kappa shape index (κ1) is 13.6. The standard InChI is InChI=1S/C14H19ClFNO/c1-13(2)8-12(14(3,4)18-13)17-11-6-9(15)5-10(16)7-11/h5-7,12,17H,8H2,1-4H3. The summed E-state index contributed by atoms with van der Waals surface area (Å²) in [6.45, 7) is 8.21. The monoisotopic (exact) mass is 271 g/mol. The number of anilines is 1. The minimum Gasteiger partial charge on any atom is -0.379 e. The van der Waals surface area contributed by atoms with E-state index < -0.39 is 0 Å². The largest absolute Gasteiger partial charge is 0.379 e. The maximum atomic E-state index is 13.3. The lowest BCUT2D eigenvalue weighted by atomic mass is 9.94. The molecule has 1 aliphatic rings. The van der Waals surface area contributed by atoms with Crippen LogP contribution in [0.1, 0.15) is 34.1 Å². The molecule has 1 unspecified atom stereocenters. The van der Waals surface area contributed by atoms with Gasteiger partial charge in [-0.2, -0.15) is 0 Å². The van der Waals surface area contributed by atoms with Crippen molar-refractivity contribution in [3.63, 3.8) is 0 Å². The van der Waals surface area contributed by atoms with Crippen molar-refractivity contribution in [3.05, 3.63) is 29.0 Å². The van der Waals surface area contributed by atoms with Gasteiger partial charge in [0.2, 0.25) is 0 Å². The summed E-state index contributed by atoms with van der Waals surface area (Å²) < 4.78 is 19.3. The fraction of sp³-hybridized carbons (Fsp3) is 0.571. The second kappa shape index (κ2) is 4.39. The highest BCUT2D eigenvalue weighted by Crippen LogP contribution is 2.39. The molecule has 0 aromatic heterocycles. The predicted molar refractivity (Wildman–Crippen MR) is 72.7 cm³/mol. The van der Waals surface area contributed by atoms with Gasteiger partial charge in [-0.05, 0) is 52.3 Å². The van der Waals surface area contributed by atoms with E-state index in [9.17, 15) is 4.39 Å². The molecule has 1 N–H and O–H groups in total. The van der Waals surface area contributed by atoms with E-state index in [4.69, 9.17) is 16.3 Å². The molecule has 18 heavy (non-hydrogen) atoms. The van der Waals surface area contributed by atoms with Gasteiger partial charge in [-0.25, -0.2) is 4.39 Å². The van der Waals surface area contributed by atoms with Crippen molar-refractivity contribution >= 4 is 17.3 Å². The lowest BCUT2D eigenvalue weighted by molar-refractivity contribution is -0.0662. The number of hydrogen-bond donors (Lipinski definition) is 1. The zero-order valence-corrected chi connectivity index (χ0v) is 11.9. The van der Waals surface area contributed by atoms with Crippen LogP contribution >= 0.6 is 11.6 Å². The van der Waals surface area contributed by atoms with Gasteiger partial charge < -0.3 is 10.1 Å². The molecule has 0 aliphatic carbocycles. The predicted octanol–water partition coefficient (Wildman–Crippen LogP) is 4.24. The highest BCUT2D eigenvalue weighted by atomic mass is 35.5. The molecule has 0 radical (unpaired) electrons. The Kier molecular flexibility index (Phi) is 3.32. The third-order valence-corrected chi connectivity index (χ3v) is 3.50. The summed E-state index contributed by atoms with van der Waals surface area (Å²) in [6.07, 6.45) is 0.869. The van der Waals surface area contributed by atoms with Crippen LogP contribution in [0.3, 0.4) is 0 Å². The van der Waals surface area contributed by atoms with Crippen molar-refractivity contribution in [2.75, 3.05) is 5.32 Å². The van der Waals surface area contributed by atoms with Gasteiger partial charge in [0.15, 0.2) is 0 Å². The van der Waals surface area contributed by atoms with Gasteiger partial charge in [0.05, 0.1) is 17.2 Å². The molecular weight excluding hydrogens is 253 g/mol. The van der Waals surface area contributed by atoms with Crippen molar-refractivity contribution < 1.29 is 9.13 Å². The Morgan fingerprint density at radius 1 is 1.28 bits per heavy atom. The van der Waals surface area contributed by atoms with Gasteiger partial charge in [0.1, 0.15) is 5.82 Å². The van der Waals surface area contributed by atoms with Crippen molar-refractivity contribution in [1.82, 2.24) is 0 Å². The molecule has 1 fully saturated rings. The maximum Gasteiger partial charge on any atom is 0.126 e. The minimum absolute atomic E-state index is 0.130. The van der Waals surface area contributed by atoms with Crippen LogP contribution in [0.15, 0.2) is 18.2 Å². The van der Waals surface area contributed by atoms with E-state index in [0.29, 0.717) is 10.7 Å². The molecule has 1 atom stereocenters. The molecule has 1 aromatic rings. The maximum absolute atomic E-state index is 13.3. The Labute approximate surface area is 112 Å². The van der Waals surface area contributed by atoms with Crippen LogP contribution in [0.2, 0.25) is 5.02 Å². The van der Waals surface area contributed by atoms with E-state index in [-0.39, 0.29) is 23.1 Å². The SMILES string of the molecule is CC1(C)CC(Nc2cc(F)cc(Cl)c2)C(C)(C)O1. The molecule has 1 aliphatic heterocycles. The van der Waals surface area contributed by atoms with E-state index in [1.165, 1.54) is 12.1 Å². The molecule has 4 heteroatoms. The molecule has 1 saturated heterocycles. The van der Waals surface area contributed by atoms with Crippen LogP contribution in [0, 0.1) is 5.82 Å². The van der Waals surface area contributed by atoms with Crippen LogP contribution in [0.5, 0.6) is 0 Å². The number of rotatable bonds is 2. The summed E-state index contributed by atoms with van der Waals surface area (Å²) in [5.41, 5.74) is 0.236. The molecule has 0 saturated carbocycles. The fourth-order valence-electron chi connectivity index (χ4n) is 2.63. The molecule has 2 rings (SSSR count). The van der Waals surface area contributed by atoms with E-state index in [2.05, 4.69) is 19.2 Å². The van der Waals surface area contributed by atoms with E-state index in [0.717, 1.165) is 6.42 Å². The van der Waals surface area contributed by atoms with E-state index >= 15 is 0 Å². The number of hydrogen-bond acceptors (Lipinski definition) is 2. The topological polar surface area (TPSA) is 21.3 Å². The first-order valence-electron chi connectivity index (χ1n) is 6.11. The number of benzene rings is 1. The lowest BCUT2D eigenvalue weighted by Gasteiger charge is -2.28. The Balaban J connectivity index is 2.19. The number of halogens is 2. The molecule has 0 bridgehead atoms. The third kappa shape index (κ3) is 2.96. The average Bonchev–Trinajstić information content (AvgIpc) is 2.31. The van der Waals surface area contributed by atoms with Crippen LogP contribution in [-0.2, 0) is 4.74 Å². The van der Waals surface area contributed by atoms with Crippen LogP contribution < -0.4 is 5.32 Å². The van der Waals surface area contributed by atoms with Crippen molar-refractivity contribution in [2.45, 2.75) is 51.4 Å². The van der Waals surface area contributed by atoms with Crippen LogP contribution in [0.4, 0.5) is 10.1 Å². The van der Waals surface area contributed by atoms with Crippen LogP contribution in [-0.4, -0.2) is 17.2 Å². The molecular formula is C14H19ClFNO. The summed E-state index contributed by atoms with van der Waals surface area (Å²) in [4.78, 5) is 0. The zero-order valence-electron chi connectivity index (χ0n) is 11.2. The number of nitrogens with one attached hydrogen (secondary N) is 1. The first-order chi connectivity index (χ1) is 8.18. The molecule has 1 aromatic carbocycles. The zero-order chi connectivity index (χ0) is 13.6. The van der Waals surface area contributed by atoms with Crippen molar-refractivity contribution in [2.24, 2.45) is 0 Å². The minimum atomic E-state index is -0.332. The first-order valence-corrected chi connectivity index (χ1v) is 6.49. The lowest BCUT2D eigenvalue weighted by Crippen LogP contribution is -2.38. The summed E-state index contributed by atoms with van der Waals surface area (Å²) in [5.74, 6) is -0.332. The summed E-state index contributed by atoms with van der Waals surface area (Å²) in [6, 6.07) is 4.61. The molecule has 100 valence electrons. The normalized spacial score (nSPS) is 25.1. The Bertz CT molecular complexity index is 439. The average molecular weight is 272 g/mol. The van der Waals surface area contributed by atoms with Gasteiger partial charge in [0, 0.05) is 10.7 Å². The fourth-order valence-corrected chi connectivity index (χ4v) is 2.85. The second-order valence-corrected chi connectivity index (χ2v) is 6.46. The quantitative estimate of drug-likeness (QED) is 0.869. The Hall–Kier alpha value is -0.800. The second-order valence-electron chi connectivity index (χ2n) is 6.02. The summed E-state index contributed by atoms with van der Waals surface area (Å²) in [5, 5.41) is 3.72. The van der Waals surface area contributed by atoms with Crippen molar-refractivity contribution in [3.8, 4) is 0 Å². The molecule has 2 nitrogen and oxygen atoms in total. The van der Waals surface area contributed by atoms with Gasteiger partial charge in [0.25, 0.3) is 0 Å².